The lowest BCUT2D eigenvalue weighted by molar-refractivity contribution is 0.395. The van der Waals surface area contributed by atoms with Gasteiger partial charge in [-0.05, 0) is 12.1 Å². The molecule has 3 rings (SSSR count). The van der Waals surface area contributed by atoms with Crippen molar-refractivity contribution >= 4 is 11.6 Å². The van der Waals surface area contributed by atoms with E-state index < -0.39 is 0 Å². The zero-order valence-corrected chi connectivity index (χ0v) is 12.2. The van der Waals surface area contributed by atoms with Crippen LogP contribution in [0.2, 0.25) is 5.02 Å². The zero-order chi connectivity index (χ0) is 14.1. The maximum Gasteiger partial charge on any atom is 0.150 e. The lowest BCUT2D eigenvalue weighted by Gasteiger charge is -2.19. The second-order valence-electron chi connectivity index (χ2n) is 4.55. The average Bonchev–Trinajstić information content (AvgIpc) is 2.90. The van der Waals surface area contributed by atoms with Crippen LogP contribution >= 0.6 is 11.6 Å². The average molecular weight is 294 g/mol. The molecule has 6 heteroatoms. The summed E-state index contributed by atoms with van der Waals surface area (Å²) in [5.41, 5.74) is 1.95. The highest BCUT2D eigenvalue weighted by molar-refractivity contribution is 6.34. The molecule has 0 saturated carbocycles. The predicted octanol–water partition coefficient (Wildman–Crippen LogP) is 2.32. The molecule has 0 amide bonds. The molecule has 0 atom stereocenters. The number of hydrogen-bond donors (Lipinski definition) is 1. The van der Waals surface area contributed by atoms with Crippen LogP contribution in [0.5, 0.6) is 11.5 Å². The van der Waals surface area contributed by atoms with Crippen LogP contribution in [0.25, 0.3) is 11.3 Å². The molecule has 2 aromatic rings. The largest absolute Gasteiger partial charge is 0.495 e. The molecule has 0 saturated heterocycles. The third-order valence-electron chi connectivity index (χ3n) is 3.50. The Hall–Kier alpha value is -1.72. The predicted molar refractivity (Wildman–Crippen MR) is 77.5 cm³/mol. The Balaban J connectivity index is 2.15. The Morgan fingerprint density at radius 1 is 1.30 bits per heavy atom. The van der Waals surface area contributed by atoms with Crippen LogP contribution in [0.15, 0.2) is 18.3 Å². The Kier molecular flexibility index (Phi) is 3.54. The van der Waals surface area contributed by atoms with Gasteiger partial charge in [-0.2, -0.15) is 0 Å². The van der Waals surface area contributed by atoms with Gasteiger partial charge in [0.15, 0.2) is 5.75 Å². The molecule has 0 radical (unpaired) electrons. The minimum absolute atomic E-state index is 0.483. The Morgan fingerprint density at radius 2 is 2.15 bits per heavy atom. The first kappa shape index (κ1) is 13.3. The molecule has 0 aliphatic carbocycles. The second-order valence-corrected chi connectivity index (χ2v) is 4.93. The van der Waals surface area contributed by atoms with Crippen LogP contribution < -0.4 is 14.8 Å². The first-order chi connectivity index (χ1) is 9.76. The molecular formula is C14H16ClN3O2. The minimum Gasteiger partial charge on any atom is -0.495 e. The molecule has 1 aliphatic heterocycles. The lowest BCUT2D eigenvalue weighted by atomic mass is 10.1. The topological polar surface area (TPSA) is 48.3 Å². The molecule has 5 nitrogen and oxygen atoms in total. The quantitative estimate of drug-likeness (QED) is 0.943. The molecule has 0 bridgehead atoms. The van der Waals surface area contributed by atoms with Gasteiger partial charge in [-0.1, -0.05) is 11.6 Å². The molecule has 2 heterocycles. The van der Waals surface area contributed by atoms with E-state index in [2.05, 4.69) is 14.9 Å². The summed E-state index contributed by atoms with van der Waals surface area (Å²) in [6, 6.07) is 3.80. The molecule has 1 N–H and O–H groups in total. The van der Waals surface area contributed by atoms with Gasteiger partial charge in [0.1, 0.15) is 16.6 Å². The number of halogens is 1. The van der Waals surface area contributed by atoms with Crippen molar-refractivity contribution in [1.29, 1.82) is 0 Å². The highest BCUT2D eigenvalue weighted by atomic mass is 35.5. The van der Waals surface area contributed by atoms with E-state index in [9.17, 15) is 0 Å². The Bertz CT molecular complexity index is 640. The van der Waals surface area contributed by atoms with Crippen LogP contribution in [0.3, 0.4) is 0 Å². The number of nitrogens with one attached hydrogen (secondary N) is 1. The summed E-state index contributed by atoms with van der Waals surface area (Å²) in [4.78, 5) is 4.45. The summed E-state index contributed by atoms with van der Waals surface area (Å²) in [7, 11) is 3.20. The molecule has 1 aliphatic rings. The number of aromatic nitrogens is 2. The van der Waals surface area contributed by atoms with E-state index in [4.69, 9.17) is 21.1 Å². The van der Waals surface area contributed by atoms with Crippen LogP contribution in [0.1, 0.15) is 5.82 Å². The van der Waals surface area contributed by atoms with Crippen molar-refractivity contribution in [2.75, 3.05) is 20.8 Å². The summed E-state index contributed by atoms with van der Waals surface area (Å²) in [6.45, 7) is 2.60. The van der Waals surface area contributed by atoms with Crippen molar-refractivity contribution in [2.45, 2.75) is 13.1 Å². The summed E-state index contributed by atoms with van der Waals surface area (Å²) in [5.74, 6) is 2.25. The van der Waals surface area contributed by atoms with Crippen LogP contribution in [-0.2, 0) is 13.1 Å². The molecule has 1 aromatic carbocycles. The molecule has 0 fully saturated rings. The first-order valence-corrected chi connectivity index (χ1v) is 6.80. The van der Waals surface area contributed by atoms with Crippen molar-refractivity contribution in [2.24, 2.45) is 0 Å². The molecule has 106 valence electrons. The van der Waals surface area contributed by atoms with E-state index in [0.29, 0.717) is 16.5 Å². The Morgan fingerprint density at radius 3 is 2.90 bits per heavy atom. The van der Waals surface area contributed by atoms with Crippen LogP contribution in [0, 0.1) is 0 Å². The fourth-order valence-electron chi connectivity index (χ4n) is 2.51. The lowest BCUT2D eigenvalue weighted by Crippen LogP contribution is -2.28. The van der Waals surface area contributed by atoms with Gasteiger partial charge in [-0.3, -0.25) is 0 Å². The number of imidazole rings is 1. The van der Waals surface area contributed by atoms with Gasteiger partial charge in [-0.15, -0.1) is 0 Å². The summed E-state index contributed by atoms with van der Waals surface area (Å²) < 4.78 is 12.9. The third kappa shape index (κ3) is 2.03. The summed E-state index contributed by atoms with van der Waals surface area (Å²) in [6.07, 6.45) is 1.86. The molecule has 0 unspecified atom stereocenters. The Labute approximate surface area is 122 Å². The van der Waals surface area contributed by atoms with E-state index in [1.807, 2.05) is 18.3 Å². The number of benzene rings is 1. The van der Waals surface area contributed by atoms with Gasteiger partial charge in [0, 0.05) is 18.7 Å². The summed E-state index contributed by atoms with van der Waals surface area (Å²) in [5, 5.41) is 3.79. The molecule has 0 spiro atoms. The van der Waals surface area contributed by atoms with E-state index in [1.54, 1.807) is 14.2 Å². The van der Waals surface area contributed by atoms with Gasteiger partial charge >= 0.3 is 0 Å². The van der Waals surface area contributed by atoms with E-state index in [-0.39, 0.29) is 0 Å². The minimum atomic E-state index is 0.483. The highest BCUT2D eigenvalue weighted by Crippen LogP contribution is 2.42. The summed E-state index contributed by atoms with van der Waals surface area (Å²) >= 11 is 6.32. The maximum atomic E-state index is 6.32. The number of methoxy groups -OCH3 is 2. The van der Waals surface area contributed by atoms with E-state index in [0.717, 1.165) is 36.7 Å². The number of ether oxygens (including phenoxy) is 2. The van der Waals surface area contributed by atoms with Crippen LogP contribution in [-0.4, -0.2) is 30.3 Å². The molecule has 1 aromatic heterocycles. The number of hydrogen-bond acceptors (Lipinski definition) is 4. The third-order valence-corrected chi connectivity index (χ3v) is 3.85. The standard InChI is InChI=1S/C14H16ClN3O2/c1-19-11-4-3-9(14(20-2)13(11)15)10-7-17-12-8-16-5-6-18(10)12/h3-4,7,16H,5-6,8H2,1-2H3. The molecular weight excluding hydrogens is 278 g/mol. The molecule has 20 heavy (non-hydrogen) atoms. The first-order valence-electron chi connectivity index (χ1n) is 6.42. The van der Waals surface area contributed by atoms with Crippen molar-refractivity contribution in [1.82, 2.24) is 14.9 Å². The van der Waals surface area contributed by atoms with Gasteiger partial charge in [0.2, 0.25) is 0 Å². The normalized spacial score (nSPS) is 13.9. The van der Waals surface area contributed by atoms with Crippen molar-refractivity contribution in [3.63, 3.8) is 0 Å². The van der Waals surface area contributed by atoms with E-state index >= 15 is 0 Å². The van der Waals surface area contributed by atoms with Gasteiger partial charge < -0.3 is 19.4 Å². The smallest absolute Gasteiger partial charge is 0.150 e. The van der Waals surface area contributed by atoms with Crippen molar-refractivity contribution in [3.8, 4) is 22.8 Å². The monoisotopic (exact) mass is 293 g/mol. The number of fused-ring (bicyclic) bond motifs is 1. The van der Waals surface area contributed by atoms with E-state index in [1.165, 1.54) is 0 Å². The van der Waals surface area contributed by atoms with Crippen LogP contribution in [0.4, 0.5) is 0 Å². The fourth-order valence-corrected chi connectivity index (χ4v) is 2.83. The fraction of sp³-hybridized carbons (Fsp3) is 0.357. The zero-order valence-electron chi connectivity index (χ0n) is 11.4. The van der Waals surface area contributed by atoms with Gasteiger partial charge in [0.05, 0.1) is 32.7 Å². The van der Waals surface area contributed by atoms with Gasteiger partial charge in [-0.25, -0.2) is 4.98 Å². The second kappa shape index (κ2) is 5.34. The van der Waals surface area contributed by atoms with Crippen molar-refractivity contribution < 1.29 is 9.47 Å². The highest BCUT2D eigenvalue weighted by Gasteiger charge is 2.20. The van der Waals surface area contributed by atoms with Gasteiger partial charge in [0.25, 0.3) is 0 Å². The number of nitrogens with zero attached hydrogens (tertiary/aromatic N) is 2. The SMILES string of the molecule is COc1ccc(-c2cnc3n2CCNC3)c(OC)c1Cl. The number of rotatable bonds is 3. The van der Waals surface area contributed by atoms with Crippen molar-refractivity contribution in [3.05, 3.63) is 29.2 Å². The maximum absolute atomic E-state index is 6.32.